The minimum atomic E-state index is -3.16. The second-order valence-electron chi connectivity index (χ2n) is 6.33. The van der Waals surface area contributed by atoms with Crippen molar-refractivity contribution >= 4 is 39.8 Å². The van der Waals surface area contributed by atoms with Gasteiger partial charge >= 0.3 is 0 Å². The summed E-state index contributed by atoms with van der Waals surface area (Å²) in [4.78, 5) is 4.50. The number of halogens is 1. The van der Waals surface area contributed by atoms with Crippen molar-refractivity contribution < 1.29 is 17.9 Å². The van der Waals surface area contributed by atoms with Gasteiger partial charge in [0.2, 0.25) is 0 Å². The van der Waals surface area contributed by atoms with Crippen LogP contribution >= 0.6 is 24.0 Å². The van der Waals surface area contributed by atoms with Crippen LogP contribution in [0, 0.1) is 0 Å². The van der Waals surface area contributed by atoms with Gasteiger partial charge in [-0.25, -0.2) is 8.42 Å². The van der Waals surface area contributed by atoms with E-state index < -0.39 is 9.84 Å². The number of nitrogens with zero attached hydrogens (tertiary/aromatic N) is 1. The second kappa shape index (κ2) is 12.5. The van der Waals surface area contributed by atoms with E-state index in [1.807, 2.05) is 0 Å². The third kappa shape index (κ3) is 9.22. The first-order chi connectivity index (χ1) is 12.5. The highest BCUT2D eigenvalue weighted by Crippen LogP contribution is 2.12. The van der Waals surface area contributed by atoms with E-state index in [0.29, 0.717) is 30.6 Å². The molecule has 1 fully saturated rings. The maximum atomic E-state index is 11.5. The van der Waals surface area contributed by atoms with Crippen LogP contribution in [0.4, 0.5) is 0 Å². The lowest BCUT2D eigenvalue weighted by Gasteiger charge is -2.13. The number of hydrogen-bond donors (Lipinski definition) is 2. The molecule has 0 spiro atoms. The van der Waals surface area contributed by atoms with Crippen LogP contribution in [0.5, 0.6) is 0 Å². The van der Waals surface area contributed by atoms with Gasteiger partial charge in [-0.1, -0.05) is 12.1 Å². The summed E-state index contributed by atoms with van der Waals surface area (Å²) in [5.74, 6) is 0.705. The summed E-state index contributed by atoms with van der Waals surface area (Å²) >= 11 is 0. The van der Waals surface area contributed by atoms with Gasteiger partial charge in [-0.05, 0) is 37.0 Å². The van der Waals surface area contributed by atoms with E-state index in [1.54, 1.807) is 31.3 Å². The van der Waals surface area contributed by atoms with E-state index >= 15 is 0 Å². The Hall–Kier alpha value is -0.910. The molecule has 1 heterocycles. The first-order valence-electron chi connectivity index (χ1n) is 8.92. The van der Waals surface area contributed by atoms with Gasteiger partial charge in [0.25, 0.3) is 0 Å². The molecule has 9 heteroatoms. The van der Waals surface area contributed by atoms with Gasteiger partial charge in [0, 0.05) is 39.6 Å². The molecule has 1 aromatic carbocycles. The molecule has 2 rings (SSSR count). The summed E-state index contributed by atoms with van der Waals surface area (Å²) in [5, 5.41) is 6.44. The van der Waals surface area contributed by atoms with Gasteiger partial charge in [-0.15, -0.1) is 24.0 Å². The Labute approximate surface area is 179 Å². The lowest BCUT2D eigenvalue weighted by atomic mass is 10.2. The molecule has 0 amide bonds. The molecule has 1 aliphatic heterocycles. The maximum Gasteiger partial charge on any atom is 0.191 e. The molecule has 1 atom stereocenters. The van der Waals surface area contributed by atoms with Crippen LogP contribution in [0.15, 0.2) is 34.2 Å². The molecule has 1 aliphatic rings. The minimum absolute atomic E-state index is 0. The van der Waals surface area contributed by atoms with Crippen molar-refractivity contribution in [3.05, 3.63) is 29.8 Å². The van der Waals surface area contributed by atoms with Crippen LogP contribution in [-0.2, 0) is 25.9 Å². The molecule has 1 unspecified atom stereocenters. The number of hydrogen-bond acceptors (Lipinski definition) is 5. The molecule has 0 aromatic heterocycles. The van der Waals surface area contributed by atoms with E-state index in [-0.39, 0.29) is 30.1 Å². The monoisotopic (exact) mass is 511 g/mol. The molecule has 2 N–H and O–H groups in total. The third-order valence-corrected chi connectivity index (χ3v) is 5.25. The summed E-state index contributed by atoms with van der Waals surface area (Å²) in [6.07, 6.45) is 4.59. The molecule has 1 aromatic rings. The quantitative estimate of drug-likeness (QED) is 0.228. The van der Waals surface area contributed by atoms with Crippen molar-refractivity contribution in [1.29, 1.82) is 0 Å². The van der Waals surface area contributed by atoms with Crippen LogP contribution in [0.2, 0.25) is 0 Å². The molecule has 27 heavy (non-hydrogen) atoms. The molecule has 0 radical (unpaired) electrons. The number of aliphatic imine (C=N–C) groups is 1. The van der Waals surface area contributed by atoms with Crippen molar-refractivity contribution in [3.8, 4) is 0 Å². The average Bonchev–Trinajstić information content (AvgIpc) is 3.13. The van der Waals surface area contributed by atoms with Crippen LogP contribution in [-0.4, -0.2) is 60.2 Å². The summed E-state index contributed by atoms with van der Waals surface area (Å²) in [7, 11) is -1.44. The largest absolute Gasteiger partial charge is 0.379 e. The molecule has 1 saturated heterocycles. The standard InChI is InChI=1S/C18H29N3O4S.HI/c1-19-18(20-10-4-11-24-14-16-5-3-12-25-16)21-13-15-6-8-17(9-7-15)26(2,22)23;/h6-9,16H,3-5,10-14H2,1-2H3,(H2,19,20,21);1H. The van der Waals surface area contributed by atoms with Crippen molar-refractivity contribution in [2.75, 3.05) is 39.7 Å². The lowest BCUT2D eigenvalue weighted by Crippen LogP contribution is -2.37. The zero-order valence-electron chi connectivity index (χ0n) is 15.9. The highest BCUT2D eigenvalue weighted by molar-refractivity contribution is 14.0. The Balaban J connectivity index is 0.00000364. The minimum Gasteiger partial charge on any atom is -0.379 e. The Bertz CT molecular complexity index is 674. The summed E-state index contributed by atoms with van der Waals surface area (Å²) in [6.45, 7) is 3.55. The van der Waals surface area contributed by atoms with Gasteiger partial charge < -0.3 is 20.1 Å². The number of guanidine groups is 1. The summed E-state index contributed by atoms with van der Waals surface area (Å²) < 4.78 is 34.1. The number of benzene rings is 1. The first kappa shape index (κ1) is 24.1. The zero-order chi connectivity index (χ0) is 18.8. The Morgan fingerprint density at radius 1 is 1.30 bits per heavy atom. The van der Waals surface area contributed by atoms with E-state index in [4.69, 9.17) is 9.47 Å². The highest BCUT2D eigenvalue weighted by atomic mass is 127. The molecular weight excluding hydrogens is 481 g/mol. The van der Waals surface area contributed by atoms with Crippen molar-refractivity contribution in [3.63, 3.8) is 0 Å². The maximum absolute atomic E-state index is 11.5. The van der Waals surface area contributed by atoms with Gasteiger partial charge in [-0.2, -0.15) is 0 Å². The molecule has 7 nitrogen and oxygen atoms in total. The van der Waals surface area contributed by atoms with E-state index in [2.05, 4.69) is 15.6 Å². The summed E-state index contributed by atoms with van der Waals surface area (Å²) in [5.41, 5.74) is 0.986. The number of sulfone groups is 1. The Morgan fingerprint density at radius 3 is 2.63 bits per heavy atom. The fourth-order valence-electron chi connectivity index (χ4n) is 2.63. The number of rotatable bonds is 9. The lowest BCUT2D eigenvalue weighted by molar-refractivity contribution is 0.0168. The molecular formula is C18H30IN3O4S. The van der Waals surface area contributed by atoms with Crippen LogP contribution in [0.1, 0.15) is 24.8 Å². The van der Waals surface area contributed by atoms with Crippen molar-refractivity contribution in [1.82, 2.24) is 10.6 Å². The Kier molecular flexibility index (Phi) is 11.2. The van der Waals surface area contributed by atoms with Crippen LogP contribution in [0.25, 0.3) is 0 Å². The number of nitrogens with one attached hydrogen (secondary N) is 2. The normalized spacial score (nSPS) is 17.4. The topological polar surface area (TPSA) is 89.0 Å². The second-order valence-corrected chi connectivity index (χ2v) is 8.35. The first-order valence-corrected chi connectivity index (χ1v) is 10.8. The van der Waals surface area contributed by atoms with Gasteiger partial charge in [0.1, 0.15) is 0 Å². The SMILES string of the molecule is CN=C(NCCCOCC1CCCO1)NCc1ccc(S(C)(=O)=O)cc1.I. The molecule has 154 valence electrons. The fourth-order valence-corrected chi connectivity index (χ4v) is 3.26. The highest BCUT2D eigenvalue weighted by Gasteiger charge is 2.14. The molecule has 0 aliphatic carbocycles. The van der Waals surface area contributed by atoms with E-state index in [1.165, 1.54) is 6.26 Å². The third-order valence-electron chi connectivity index (χ3n) is 4.12. The van der Waals surface area contributed by atoms with Crippen molar-refractivity contribution in [2.45, 2.75) is 36.8 Å². The van der Waals surface area contributed by atoms with Gasteiger partial charge in [-0.3, -0.25) is 4.99 Å². The summed E-state index contributed by atoms with van der Waals surface area (Å²) in [6, 6.07) is 6.84. The predicted molar refractivity (Wildman–Crippen MR) is 118 cm³/mol. The number of ether oxygens (including phenoxy) is 2. The van der Waals surface area contributed by atoms with Gasteiger partial charge in [0.15, 0.2) is 15.8 Å². The van der Waals surface area contributed by atoms with E-state index in [0.717, 1.165) is 38.0 Å². The van der Waals surface area contributed by atoms with Crippen LogP contribution < -0.4 is 10.6 Å². The van der Waals surface area contributed by atoms with E-state index in [9.17, 15) is 8.42 Å². The van der Waals surface area contributed by atoms with Crippen molar-refractivity contribution in [2.24, 2.45) is 4.99 Å². The molecule has 0 saturated carbocycles. The van der Waals surface area contributed by atoms with Crippen LogP contribution in [0.3, 0.4) is 0 Å². The molecule has 0 bridgehead atoms. The Morgan fingerprint density at radius 2 is 2.04 bits per heavy atom. The zero-order valence-corrected chi connectivity index (χ0v) is 19.1. The predicted octanol–water partition coefficient (Wildman–Crippen LogP) is 1.96. The fraction of sp³-hybridized carbons (Fsp3) is 0.611. The average molecular weight is 511 g/mol. The van der Waals surface area contributed by atoms with Gasteiger partial charge in [0.05, 0.1) is 17.6 Å². The smallest absolute Gasteiger partial charge is 0.191 e.